The van der Waals surface area contributed by atoms with Crippen LogP contribution in [0.2, 0.25) is 0 Å². The van der Waals surface area contributed by atoms with E-state index >= 15 is 0 Å². The molecule has 0 aliphatic heterocycles. The second-order valence-corrected chi connectivity index (χ2v) is 9.02. The van der Waals surface area contributed by atoms with E-state index in [1.54, 1.807) is 35.9 Å². The van der Waals surface area contributed by atoms with Gasteiger partial charge in [0, 0.05) is 39.5 Å². The van der Waals surface area contributed by atoms with Crippen LogP contribution in [-0.4, -0.2) is 15.9 Å². The quantitative estimate of drug-likeness (QED) is 0.246. The van der Waals surface area contributed by atoms with E-state index in [1.165, 1.54) is 11.3 Å². The van der Waals surface area contributed by atoms with E-state index in [0.29, 0.717) is 16.9 Å². The van der Waals surface area contributed by atoms with Gasteiger partial charge in [-0.05, 0) is 65.5 Å². The van der Waals surface area contributed by atoms with Crippen molar-refractivity contribution in [1.29, 1.82) is 0 Å². The van der Waals surface area contributed by atoms with E-state index in [1.807, 2.05) is 65.4 Å². The lowest BCUT2D eigenvalue weighted by atomic mass is 10.1. The Kier molecular flexibility index (Phi) is 5.84. The van der Waals surface area contributed by atoms with E-state index < -0.39 is 0 Å². The number of hydrogen-bond donors (Lipinski definition) is 3. The zero-order valence-electron chi connectivity index (χ0n) is 17.4. The van der Waals surface area contributed by atoms with E-state index in [-0.39, 0.29) is 5.91 Å². The molecule has 0 unspecified atom stereocenters. The van der Waals surface area contributed by atoms with Crippen molar-refractivity contribution in [3.8, 4) is 21.7 Å². The third-order valence-corrected chi connectivity index (χ3v) is 6.64. The Balaban J connectivity index is 1.27. The standard InChI is InChI=1S/C25H19N5OS2/c26-20-10-7-17(23-4-2-12-32-23)13-21(20)29-24(31)16-5-8-19(9-6-16)28-25-30-22(15-33-25)18-3-1-11-27-14-18/h1-15H,26H2,(H,28,30)(H,29,31). The van der Waals surface area contributed by atoms with Crippen molar-refractivity contribution in [2.45, 2.75) is 0 Å². The second kappa shape index (κ2) is 9.23. The molecule has 162 valence electrons. The second-order valence-electron chi connectivity index (χ2n) is 7.22. The van der Waals surface area contributed by atoms with E-state index in [0.717, 1.165) is 32.5 Å². The Morgan fingerprint density at radius 2 is 1.82 bits per heavy atom. The molecule has 3 heterocycles. The average molecular weight is 470 g/mol. The normalized spacial score (nSPS) is 10.7. The summed E-state index contributed by atoms with van der Waals surface area (Å²) in [5, 5.41) is 11.0. The molecule has 33 heavy (non-hydrogen) atoms. The van der Waals surface area contributed by atoms with Crippen molar-refractivity contribution in [1.82, 2.24) is 9.97 Å². The highest BCUT2D eigenvalue weighted by atomic mass is 32.1. The van der Waals surface area contributed by atoms with Crippen molar-refractivity contribution in [3.05, 3.63) is 95.4 Å². The van der Waals surface area contributed by atoms with Crippen molar-refractivity contribution in [3.63, 3.8) is 0 Å². The van der Waals surface area contributed by atoms with Crippen molar-refractivity contribution >= 4 is 50.8 Å². The van der Waals surface area contributed by atoms with Crippen LogP contribution in [0, 0.1) is 0 Å². The molecule has 0 radical (unpaired) electrons. The monoisotopic (exact) mass is 469 g/mol. The summed E-state index contributed by atoms with van der Waals surface area (Å²) >= 11 is 3.15. The molecule has 1 amide bonds. The molecule has 0 atom stereocenters. The fourth-order valence-corrected chi connectivity index (χ4v) is 4.73. The Morgan fingerprint density at radius 3 is 2.58 bits per heavy atom. The van der Waals surface area contributed by atoms with Gasteiger partial charge in [0.1, 0.15) is 0 Å². The molecule has 0 saturated heterocycles. The van der Waals surface area contributed by atoms with Gasteiger partial charge in [-0.1, -0.05) is 12.1 Å². The summed E-state index contributed by atoms with van der Waals surface area (Å²) in [4.78, 5) is 22.6. The minimum atomic E-state index is -0.218. The van der Waals surface area contributed by atoms with E-state index in [9.17, 15) is 4.79 Å². The summed E-state index contributed by atoms with van der Waals surface area (Å²) < 4.78 is 0. The molecule has 0 fully saturated rings. The summed E-state index contributed by atoms with van der Waals surface area (Å²) in [7, 11) is 0. The summed E-state index contributed by atoms with van der Waals surface area (Å²) in [6.45, 7) is 0. The molecule has 5 rings (SSSR count). The highest BCUT2D eigenvalue weighted by Crippen LogP contribution is 2.31. The molecule has 0 spiro atoms. The van der Waals surface area contributed by atoms with Crippen LogP contribution in [0.3, 0.4) is 0 Å². The Bertz CT molecular complexity index is 1380. The number of thiophene rings is 1. The topological polar surface area (TPSA) is 92.9 Å². The van der Waals surface area contributed by atoms with Crippen molar-refractivity contribution in [2.24, 2.45) is 0 Å². The van der Waals surface area contributed by atoms with Gasteiger partial charge in [0.25, 0.3) is 5.91 Å². The van der Waals surface area contributed by atoms with Gasteiger partial charge in [-0.25, -0.2) is 4.98 Å². The number of pyridine rings is 1. The maximum atomic E-state index is 12.8. The lowest BCUT2D eigenvalue weighted by Gasteiger charge is -2.10. The summed E-state index contributed by atoms with van der Waals surface area (Å²) in [5.41, 5.74) is 11.5. The van der Waals surface area contributed by atoms with E-state index in [2.05, 4.69) is 20.6 Å². The largest absolute Gasteiger partial charge is 0.397 e. The molecule has 5 aromatic rings. The number of benzene rings is 2. The van der Waals surface area contributed by atoms with Crippen LogP contribution in [0.4, 0.5) is 22.2 Å². The fourth-order valence-electron chi connectivity index (χ4n) is 3.26. The number of nitrogens with zero attached hydrogens (tertiary/aromatic N) is 2. The lowest BCUT2D eigenvalue weighted by Crippen LogP contribution is -2.13. The number of thiazole rings is 1. The molecule has 0 saturated carbocycles. The van der Waals surface area contributed by atoms with Crippen molar-refractivity contribution < 1.29 is 4.79 Å². The first-order chi connectivity index (χ1) is 16.2. The van der Waals surface area contributed by atoms with Crippen LogP contribution >= 0.6 is 22.7 Å². The maximum Gasteiger partial charge on any atom is 0.255 e. The molecule has 0 aliphatic carbocycles. The third-order valence-electron chi connectivity index (χ3n) is 4.97. The number of carbonyl (C=O) groups excluding carboxylic acids is 1. The van der Waals surface area contributed by atoms with Crippen LogP contribution in [0.15, 0.2) is 89.9 Å². The number of amides is 1. The number of hydrogen-bond acceptors (Lipinski definition) is 7. The van der Waals surface area contributed by atoms with Crippen LogP contribution < -0.4 is 16.4 Å². The van der Waals surface area contributed by atoms with Gasteiger partial charge in [0.2, 0.25) is 0 Å². The number of nitrogens with one attached hydrogen (secondary N) is 2. The van der Waals surface area contributed by atoms with Gasteiger partial charge in [0.05, 0.1) is 17.1 Å². The first-order valence-electron chi connectivity index (χ1n) is 10.1. The first kappa shape index (κ1) is 20.9. The van der Waals surface area contributed by atoms with Crippen LogP contribution in [0.25, 0.3) is 21.7 Å². The van der Waals surface area contributed by atoms with Crippen LogP contribution in [-0.2, 0) is 0 Å². The number of nitrogen functional groups attached to an aromatic ring is 1. The number of aromatic nitrogens is 2. The Labute approximate surface area is 198 Å². The maximum absolute atomic E-state index is 12.8. The molecule has 8 heteroatoms. The Morgan fingerprint density at radius 1 is 0.939 bits per heavy atom. The number of rotatable bonds is 6. The minimum Gasteiger partial charge on any atom is -0.397 e. The lowest BCUT2D eigenvalue weighted by molar-refractivity contribution is 0.102. The van der Waals surface area contributed by atoms with Crippen LogP contribution in [0.1, 0.15) is 10.4 Å². The third kappa shape index (κ3) is 4.77. The Hall–Kier alpha value is -4.01. The molecule has 0 bridgehead atoms. The first-order valence-corrected chi connectivity index (χ1v) is 11.9. The van der Waals surface area contributed by atoms with Gasteiger partial charge < -0.3 is 16.4 Å². The predicted octanol–water partition coefficient (Wildman–Crippen LogP) is 6.51. The summed E-state index contributed by atoms with van der Waals surface area (Å²) in [6.07, 6.45) is 3.52. The molecule has 6 nitrogen and oxygen atoms in total. The summed E-state index contributed by atoms with van der Waals surface area (Å²) in [5.74, 6) is -0.218. The van der Waals surface area contributed by atoms with E-state index in [4.69, 9.17) is 5.73 Å². The number of anilines is 4. The predicted molar refractivity (Wildman–Crippen MR) is 137 cm³/mol. The number of nitrogens with two attached hydrogens (primary N) is 1. The summed E-state index contributed by atoms with van der Waals surface area (Å²) in [6, 6.07) is 20.8. The fraction of sp³-hybridized carbons (Fsp3) is 0. The highest BCUT2D eigenvalue weighted by Gasteiger charge is 2.11. The highest BCUT2D eigenvalue weighted by molar-refractivity contribution is 7.14. The zero-order chi connectivity index (χ0) is 22.6. The van der Waals surface area contributed by atoms with Gasteiger partial charge in [0.15, 0.2) is 5.13 Å². The van der Waals surface area contributed by atoms with Gasteiger partial charge in [-0.3, -0.25) is 9.78 Å². The number of carbonyl (C=O) groups is 1. The van der Waals surface area contributed by atoms with Gasteiger partial charge >= 0.3 is 0 Å². The van der Waals surface area contributed by atoms with Gasteiger partial charge in [-0.2, -0.15) is 0 Å². The minimum absolute atomic E-state index is 0.218. The molecule has 2 aromatic carbocycles. The zero-order valence-corrected chi connectivity index (χ0v) is 19.0. The smallest absolute Gasteiger partial charge is 0.255 e. The molecular weight excluding hydrogens is 450 g/mol. The molecular formula is C25H19N5OS2. The molecule has 3 aromatic heterocycles. The SMILES string of the molecule is Nc1ccc(-c2cccs2)cc1NC(=O)c1ccc(Nc2nc(-c3cccnc3)cs2)cc1. The van der Waals surface area contributed by atoms with Crippen molar-refractivity contribution in [2.75, 3.05) is 16.4 Å². The van der Waals surface area contributed by atoms with Crippen LogP contribution in [0.5, 0.6) is 0 Å². The molecule has 4 N–H and O–H groups in total. The average Bonchev–Trinajstić information content (AvgIpc) is 3.54. The van der Waals surface area contributed by atoms with Gasteiger partial charge in [-0.15, -0.1) is 22.7 Å². The molecule has 0 aliphatic rings.